The summed E-state index contributed by atoms with van der Waals surface area (Å²) in [5, 5.41) is 9.44. The zero-order valence-electron chi connectivity index (χ0n) is 8.24. The van der Waals surface area contributed by atoms with Gasteiger partial charge in [-0.3, -0.25) is 4.79 Å². The van der Waals surface area contributed by atoms with Crippen molar-refractivity contribution in [1.29, 1.82) is 0 Å². The van der Waals surface area contributed by atoms with Gasteiger partial charge in [-0.15, -0.1) is 0 Å². The van der Waals surface area contributed by atoms with E-state index in [9.17, 15) is 14.7 Å². The Bertz CT molecular complexity index is 295. The molecule has 1 aliphatic rings. The first-order valence-electron chi connectivity index (χ1n) is 4.38. The van der Waals surface area contributed by atoms with Crippen LogP contribution in [-0.2, 0) is 14.3 Å². The lowest BCUT2D eigenvalue weighted by Crippen LogP contribution is -2.35. The molecule has 0 saturated heterocycles. The van der Waals surface area contributed by atoms with Crippen molar-refractivity contribution in [1.82, 2.24) is 4.90 Å². The second-order valence-corrected chi connectivity index (χ2v) is 3.07. The summed E-state index contributed by atoms with van der Waals surface area (Å²) in [5.41, 5.74) is 0.0787. The fraction of sp³-hybridized carbons (Fsp3) is 0.556. The van der Waals surface area contributed by atoms with Gasteiger partial charge in [-0.25, -0.2) is 4.79 Å². The third-order valence-electron chi connectivity index (χ3n) is 2.01. The molecule has 5 heteroatoms. The van der Waals surface area contributed by atoms with E-state index < -0.39 is 5.97 Å². The van der Waals surface area contributed by atoms with Gasteiger partial charge in [-0.1, -0.05) is 0 Å². The highest BCUT2D eigenvalue weighted by molar-refractivity contribution is 5.97. The molecule has 1 heterocycles. The normalized spacial score (nSPS) is 17.3. The zero-order chi connectivity index (χ0) is 10.7. The summed E-state index contributed by atoms with van der Waals surface area (Å²) in [6.07, 6.45) is -0.0822. The van der Waals surface area contributed by atoms with Crippen LogP contribution >= 0.6 is 0 Å². The van der Waals surface area contributed by atoms with E-state index >= 15 is 0 Å². The maximum absolute atomic E-state index is 11.2. The second kappa shape index (κ2) is 4.13. The molecule has 1 amide bonds. The molecule has 1 N–H and O–H groups in total. The highest BCUT2D eigenvalue weighted by Gasteiger charge is 2.27. The van der Waals surface area contributed by atoms with Crippen LogP contribution in [0, 0.1) is 0 Å². The third-order valence-corrected chi connectivity index (χ3v) is 2.01. The molecule has 0 aromatic carbocycles. The smallest absolute Gasteiger partial charge is 0.338 e. The Kier molecular flexibility index (Phi) is 3.11. The maximum atomic E-state index is 11.2. The number of aliphatic hydroxyl groups is 1. The van der Waals surface area contributed by atoms with Crippen molar-refractivity contribution < 1.29 is 19.4 Å². The van der Waals surface area contributed by atoms with Crippen LogP contribution in [0.2, 0.25) is 0 Å². The topological polar surface area (TPSA) is 66.8 Å². The molecule has 78 valence electrons. The van der Waals surface area contributed by atoms with Crippen molar-refractivity contribution in [3.8, 4) is 0 Å². The Labute approximate surface area is 82.0 Å². The molecule has 0 aromatic rings. The molecule has 0 unspecified atom stereocenters. The van der Waals surface area contributed by atoms with Crippen molar-refractivity contribution in [2.45, 2.75) is 13.3 Å². The van der Waals surface area contributed by atoms with E-state index in [4.69, 9.17) is 4.74 Å². The number of carbonyl (C=O) groups is 2. The molecule has 1 rings (SSSR count). The number of nitrogens with zero attached hydrogens (tertiary/aromatic N) is 1. The van der Waals surface area contributed by atoms with E-state index in [2.05, 4.69) is 0 Å². The average molecular weight is 199 g/mol. The van der Waals surface area contributed by atoms with E-state index in [1.54, 1.807) is 14.0 Å². The average Bonchev–Trinajstić information content (AvgIpc) is 2.11. The van der Waals surface area contributed by atoms with Crippen LogP contribution in [0.1, 0.15) is 13.3 Å². The van der Waals surface area contributed by atoms with Gasteiger partial charge in [0.2, 0.25) is 5.91 Å². The van der Waals surface area contributed by atoms with Gasteiger partial charge in [-0.2, -0.15) is 0 Å². The molecule has 5 nitrogen and oxygen atoms in total. The lowest BCUT2D eigenvalue weighted by atomic mass is 10.1. The van der Waals surface area contributed by atoms with Crippen molar-refractivity contribution in [2.75, 3.05) is 20.2 Å². The van der Waals surface area contributed by atoms with Gasteiger partial charge >= 0.3 is 5.97 Å². The SMILES string of the molecule is CCOC(=O)C1=C(O)CN(C)C(=O)C1. The summed E-state index contributed by atoms with van der Waals surface area (Å²) in [7, 11) is 1.57. The van der Waals surface area contributed by atoms with Gasteiger partial charge in [0.1, 0.15) is 5.76 Å². The fourth-order valence-corrected chi connectivity index (χ4v) is 1.20. The number of likely N-dealkylation sites (N-methyl/N-ethyl adjacent to an activating group) is 1. The van der Waals surface area contributed by atoms with Crippen LogP contribution in [0.4, 0.5) is 0 Å². The summed E-state index contributed by atoms with van der Waals surface area (Å²) in [4.78, 5) is 23.8. The van der Waals surface area contributed by atoms with E-state index in [-0.39, 0.29) is 36.8 Å². The minimum atomic E-state index is -0.605. The Hall–Kier alpha value is -1.52. The zero-order valence-corrected chi connectivity index (χ0v) is 8.24. The van der Waals surface area contributed by atoms with Crippen LogP contribution < -0.4 is 0 Å². The molecule has 0 bridgehead atoms. The van der Waals surface area contributed by atoms with Crippen LogP contribution in [0.15, 0.2) is 11.3 Å². The van der Waals surface area contributed by atoms with Crippen molar-refractivity contribution >= 4 is 11.9 Å². The molecule has 0 aliphatic carbocycles. The number of amides is 1. The lowest BCUT2D eigenvalue weighted by molar-refractivity contribution is -0.141. The van der Waals surface area contributed by atoms with Crippen LogP contribution in [0.25, 0.3) is 0 Å². The third kappa shape index (κ3) is 2.04. The summed E-state index contributed by atoms with van der Waals surface area (Å²) in [5.74, 6) is -0.872. The number of hydrogen-bond donors (Lipinski definition) is 1. The predicted octanol–water partition coefficient (Wildman–Crippen LogP) is 0.224. The fourth-order valence-electron chi connectivity index (χ4n) is 1.20. The Morgan fingerprint density at radius 1 is 1.64 bits per heavy atom. The van der Waals surface area contributed by atoms with Crippen LogP contribution in [-0.4, -0.2) is 42.1 Å². The molecule has 1 aliphatic heterocycles. The van der Waals surface area contributed by atoms with E-state index in [1.807, 2.05) is 0 Å². The molecular formula is C9H13NO4. The summed E-state index contributed by atoms with van der Waals surface area (Å²) in [6.45, 7) is 1.99. The van der Waals surface area contributed by atoms with Crippen LogP contribution in [0.5, 0.6) is 0 Å². The molecular weight excluding hydrogens is 186 g/mol. The highest BCUT2D eigenvalue weighted by Crippen LogP contribution is 2.17. The Balaban J connectivity index is 2.82. The molecule has 0 fully saturated rings. The van der Waals surface area contributed by atoms with Gasteiger partial charge in [0, 0.05) is 7.05 Å². The Morgan fingerprint density at radius 2 is 2.29 bits per heavy atom. The molecule has 0 atom stereocenters. The number of hydrogen-bond acceptors (Lipinski definition) is 4. The number of aliphatic hydroxyl groups excluding tert-OH is 1. The first-order valence-corrected chi connectivity index (χ1v) is 4.38. The van der Waals surface area contributed by atoms with E-state index in [0.29, 0.717) is 0 Å². The molecule has 0 radical (unpaired) electrons. The van der Waals surface area contributed by atoms with Crippen molar-refractivity contribution in [2.24, 2.45) is 0 Å². The minimum absolute atomic E-state index is 0.0764. The summed E-state index contributed by atoms with van der Waals surface area (Å²) in [6, 6.07) is 0. The van der Waals surface area contributed by atoms with Gasteiger partial charge in [0.05, 0.1) is 25.1 Å². The minimum Gasteiger partial charge on any atom is -0.510 e. The van der Waals surface area contributed by atoms with Gasteiger partial charge in [0.25, 0.3) is 0 Å². The number of rotatable bonds is 2. The summed E-state index contributed by atoms with van der Waals surface area (Å²) < 4.78 is 4.71. The number of ether oxygens (including phenoxy) is 1. The van der Waals surface area contributed by atoms with Crippen LogP contribution in [0.3, 0.4) is 0 Å². The first-order chi connectivity index (χ1) is 6.56. The van der Waals surface area contributed by atoms with Crippen molar-refractivity contribution in [3.05, 3.63) is 11.3 Å². The maximum Gasteiger partial charge on any atom is 0.338 e. The van der Waals surface area contributed by atoms with Gasteiger partial charge < -0.3 is 14.7 Å². The van der Waals surface area contributed by atoms with E-state index in [0.717, 1.165) is 0 Å². The van der Waals surface area contributed by atoms with Gasteiger partial charge in [0.15, 0.2) is 0 Å². The predicted molar refractivity (Wildman–Crippen MR) is 48.5 cm³/mol. The van der Waals surface area contributed by atoms with Crippen molar-refractivity contribution in [3.63, 3.8) is 0 Å². The molecule has 14 heavy (non-hydrogen) atoms. The van der Waals surface area contributed by atoms with Gasteiger partial charge in [-0.05, 0) is 6.92 Å². The lowest BCUT2D eigenvalue weighted by Gasteiger charge is -2.23. The van der Waals surface area contributed by atoms with E-state index in [1.165, 1.54) is 4.90 Å². The second-order valence-electron chi connectivity index (χ2n) is 3.07. The number of esters is 1. The summed E-state index contributed by atoms with van der Waals surface area (Å²) >= 11 is 0. The molecule has 0 aromatic heterocycles. The largest absolute Gasteiger partial charge is 0.510 e. The standard InChI is InChI=1S/C9H13NO4/c1-3-14-9(13)6-4-8(12)10(2)5-7(6)11/h11H,3-5H2,1-2H3. The number of carbonyl (C=O) groups excluding carboxylic acids is 2. The molecule has 0 spiro atoms. The Morgan fingerprint density at radius 3 is 2.86 bits per heavy atom. The molecule has 0 saturated carbocycles. The quantitative estimate of drug-likeness (QED) is 0.646. The first kappa shape index (κ1) is 10.6. The monoisotopic (exact) mass is 199 g/mol. The highest BCUT2D eigenvalue weighted by atomic mass is 16.5.